The molecule has 1 rings (SSSR count). The summed E-state index contributed by atoms with van der Waals surface area (Å²) in [6, 6.07) is 4.77. The van der Waals surface area contributed by atoms with Gasteiger partial charge < -0.3 is 16.4 Å². The van der Waals surface area contributed by atoms with E-state index in [4.69, 9.17) is 10.9 Å². The molecule has 0 spiro atoms. The Kier molecular flexibility index (Phi) is 5.13. The predicted molar refractivity (Wildman–Crippen MR) is 75.3 cm³/mol. The lowest BCUT2D eigenvalue weighted by Crippen LogP contribution is -2.23. The Labute approximate surface area is 112 Å². The molecule has 0 aliphatic heterocycles. The van der Waals surface area contributed by atoms with Crippen LogP contribution in [0.1, 0.15) is 17.3 Å². The van der Waals surface area contributed by atoms with Crippen LogP contribution in [0, 0.1) is 0 Å². The predicted octanol–water partition coefficient (Wildman–Crippen LogP) is -0.281. The number of benzene rings is 1. The number of sulfonamides is 1. The molecular weight excluding hydrogens is 268 g/mol. The summed E-state index contributed by atoms with van der Waals surface area (Å²) < 4.78 is 21.6. The van der Waals surface area contributed by atoms with Crippen LogP contribution in [0.25, 0.3) is 0 Å². The summed E-state index contributed by atoms with van der Waals surface area (Å²) in [4.78, 5) is 11.6. The lowest BCUT2D eigenvalue weighted by molar-refractivity contribution is 0.0956. The van der Waals surface area contributed by atoms with Crippen molar-refractivity contribution in [3.05, 3.63) is 23.8 Å². The molecule has 19 heavy (non-hydrogen) atoms. The molecule has 0 unspecified atom stereocenters. The van der Waals surface area contributed by atoms with Crippen LogP contribution in [0.15, 0.2) is 18.2 Å². The van der Waals surface area contributed by atoms with Crippen molar-refractivity contribution >= 4 is 27.3 Å². The number of nitrogens with two attached hydrogens (primary N) is 2. The van der Waals surface area contributed by atoms with Crippen molar-refractivity contribution in [1.82, 2.24) is 5.32 Å². The van der Waals surface area contributed by atoms with Gasteiger partial charge in [-0.1, -0.05) is 0 Å². The molecule has 0 heterocycles. The van der Waals surface area contributed by atoms with Crippen molar-refractivity contribution in [1.29, 1.82) is 0 Å². The molecule has 0 fully saturated rings. The van der Waals surface area contributed by atoms with Gasteiger partial charge in [-0.25, -0.2) is 13.6 Å². The van der Waals surface area contributed by atoms with E-state index < -0.39 is 10.0 Å². The van der Waals surface area contributed by atoms with Crippen LogP contribution in [0.2, 0.25) is 0 Å². The van der Waals surface area contributed by atoms with Gasteiger partial charge in [0.15, 0.2) is 0 Å². The van der Waals surface area contributed by atoms with E-state index in [2.05, 4.69) is 10.6 Å². The number of carbonyl (C=O) groups excluding carboxylic acids is 1. The van der Waals surface area contributed by atoms with Crippen LogP contribution < -0.4 is 21.5 Å². The first-order chi connectivity index (χ1) is 8.83. The number of hydrogen-bond donors (Lipinski definition) is 4. The van der Waals surface area contributed by atoms with E-state index in [9.17, 15) is 13.2 Å². The van der Waals surface area contributed by atoms with Crippen LogP contribution >= 0.6 is 0 Å². The molecular formula is C11H18N4O3S. The molecule has 1 aromatic carbocycles. The minimum Gasteiger partial charge on any atom is -0.397 e. The molecule has 0 saturated heterocycles. The van der Waals surface area contributed by atoms with Gasteiger partial charge in [-0.15, -0.1) is 0 Å². The summed E-state index contributed by atoms with van der Waals surface area (Å²) in [5.41, 5.74) is 7.18. The summed E-state index contributed by atoms with van der Waals surface area (Å²) in [5, 5.41) is 10.4. The number of nitrogens with one attached hydrogen (secondary N) is 2. The second kappa shape index (κ2) is 6.39. The van der Waals surface area contributed by atoms with E-state index in [1.54, 1.807) is 12.1 Å². The first-order valence-corrected chi connectivity index (χ1v) is 7.47. The van der Waals surface area contributed by atoms with Crippen molar-refractivity contribution in [2.45, 2.75) is 6.92 Å². The van der Waals surface area contributed by atoms with Gasteiger partial charge in [0.1, 0.15) is 0 Å². The highest BCUT2D eigenvalue weighted by molar-refractivity contribution is 7.89. The average Bonchev–Trinajstić information content (AvgIpc) is 2.30. The lowest BCUT2D eigenvalue weighted by atomic mass is 10.1. The normalized spacial score (nSPS) is 11.1. The molecule has 0 bridgehead atoms. The summed E-state index contributed by atoms with van der Waals surface area (Å²) in [7, 11) is -3.50. The zero-order valence-corrected chi connectivity index (χ0v) is 11.5. The number of rotatable bonds is 6. The molecule has 6 N–H and O–H groups in total. The van der Waals surface area contributed by atoms with E-state index >= 15 is 0 Å². The molecule has 8 heteroatoms. The van der Waals surface area contributed by atoms with Crippen molar-refractivity contribution in [2.75, 3.05) is 29.9 Å². The lowest BCUT2D eigenvalue weighted by Gasteiger charge is -2.10. The number of hydrogen-bond acceptors (Lipinski definition) is 5. The Morgan fingerprint density at radius 3 is 2.58 bits per heavy atom. The third kappa shape index (κ3) is 5.14. The molecule has 7 nitrogen and oxygen atoms in total. The number of carbonyl (C=O) groups is 1. The van der Waals surface area contributed by atoms with Crippen molar-refractivity contribution in [2.24, 2.45) is 5.14 Å². The first-order valence-electron chi connectivity index (χ1n) is 5.75. The third-order valence-electron chi connectivity index (χ3n) is 2.35. The Morgan fingerprint density at radius 1 is 1.37 bits per heavy atom. The van der Waals surface area contributed by atoms with Crippen molar-refractivity contribution in [3.63, 3.8) is 0 Å². The highest BCUT2D eigenvalue weighted by Crippen LogP contribution is 2.19. The average molecular weight is 286 g/mol. The van der Waals surface area contributed by atoms with Crippen LogP contribution in [0.3, 0.4) is 0 Å². The zero-order chi connectivity index (χ0) is 14.5. The Balaban J connectivity index is 2.70. The number of amides is 1. The molecule has 0 aromatic heterocycles. The SMILES string of the molecule is CCNC(=O)c1ccc(NCCS(N)(=O)=O)c(N)c1. The van der Waals surface area contributed by atoms with Gasteiger partial charge in [0.2, 0.25) is 10.0 Å². The molecule has 0 aliphatic rings. The van der Waals surface area contributed by atoms with Gasteiger partial charge in [-0.05, 0) is 25.1 Å². The van der Waals surface area contributed by atoms with Gasteiger partial charge in [0.05, 0.1) is 17.1 Å². The molecule has 0 aliphatic carbocycles. The smallest absolute Gasteiger partial charge is 0.251 e. The Morgan fingerprint density at radius 2 is 2.05 bits per heavy atom. The van der Waals surface area contributed by atoms with Gasteiger partial charge in [-0.2, -0.15) is 0 Å². The van der Waals surface area contributed by atoms with E-state index in [0.29, 0.717) is 23.5 Å². The Bertz CT molecular complexity index is 557. The fourth-order valence-electron chi connectivity index (χ4n) is 1.46. The molecule has 0 atom stereocenters. The summed E-state index contributed by atoms with van der Waals surface area (Å²) in [6.07, 6.45) is 0. The minimum atomic E-state index is -3.50. The number of nitrogen functional groups attached to an aromatic ring is 1. The minimum absolute atomic E-state index is 0.156. The topological polar surface area (TPSA) is 127 Å². The fourth-order valence-corrected chi connectivity index (χ4v) is 1.84. The second-order valence-corrected chi connectivity index (χ2v) is 5.69. The highest BCUT2D eigenvalue weighted by atomic mass is 32.2. The van der Waals surface area contributed by atoms with E-state index in [-0.39, 0.29) is 18.2 Å². The van der Waals surface area contributed by atoms with E-state index in [1.165, 1.54) is 6.07 Å². The fraction of sp³-hybridized carbons (Fsp3) is 0.364. The van der Waals surface area contributed by atoms with Gasteiger partial charge in [-0.3, -0.25) is 4.79 Å². The van der Waals surface area contributed by atoms with Crippen molar-refractivity contribution < 1.29 is 13.2 Å². The maximum absolute atomic E-state index is 11.6. The summed E-state index contributed by atoms with van der Waals surface area (Å²) >= 11 is 0. The zero-order valence-electron chi connectivity index (χ0n) is 10.6. The maximum Gasteiger partial charge on any atom is 0.251 e. The van der Waals surface area contributed by atoms with E-state index in [0.717, 1.165) is 0 Å². The second-order valence-electron chi connectivity index (χ2n) is 3.96. The molecule has 1 aromatic rings. The molecule has 106 valence electrons. The summed E-state index contributed by atoms with van der Waals surface area (Å²) in [6.45, 7) is 2.51. The van der Waals surface area contributed by atoms with Crippen molar-refractivity contribution in [3.8, 4) is 0 Å². The number of primary sulfonamides is 1. The van der Waals surface area contributed by atoms with Gasteiger partial charge >= 0.3 is 0 Å². The largest absolute Gasteiger partial charge is 0.397 e. The highest BCUT2D eigenvalue weighted by Gasteiger charge is 2.08. The molecule has 0 saturated carbocycles. The molecule has 1 amide bonds. The quantitative estimate of drug-likeness (QED) is 0.535. The maximum atomic E-state index is 11.6. The number of anilines is 2. The van der Waals surface area contributed by atoms with Crippen LogP contribution in [-0.4, -0.2) is 33.2 Å². The summed E-state index contributed by atoms with van der Waals surface area (Å²) in [5.74, 6) is -0.393. The van der Waals surface area contributed by atoms with Crippen LogP contribution in [0.5, 0.6) is 0 Å². The first kappa shape index (κ1) is 15.3. The third-order valence-corrected chi connectivity index (χ3v) is 3.13. The Hall–Kier alpha value is -1.80. The van der Waals surface area contributed by atoms with Gasteiger partial charge in [0, 0.05) is 18.7 Å². The molecule has 0 radical (unpaired) electrons. The van der Waals surface area contributed by atoms with Gasteiger partial charge in [0.25, 0.3) is 5.91 Å². The standard InChI is InChI=1S/C11H18N4O3S/c1-2-14-11(16)8-3-4-10(9(12)7-8)15-5-6-19(13,17)18/h3-4,7,15H,2,5-6,12H2,1H3,(H,14,16)(H2,13,17,18). The van der Waals surface area contributed by atoms with E-state index in [1.807, 2.05) is 6.92 Å². The van der Waals surface area contributed by atoms with Crippen LogP contribution in [-0.2, 0) is 10.0 Å². The van der Waals surface area contributed by atoms with Crippen LogP contribution in [0.4, 0.5) is 11.4 Å². The monoisotopic (exact) mass is 286 g/mol.